The van der Waals surface area contributed by atoms with Crippen molar-refractivity contribution < 1.29 is 4.39 Å². The Morgan fingerprint density at radius 1 is 1.05 bits per heavy atom. The first-order valence-electron chi connectivity index (χ1n) is 6.49. The molecule has 0 bridgehead atoms. The molecule has 0 saturated carbocycles. The van der Waals surface area contributed by atoms with Crippen LogP contribution in [0.3, 0.4) is 0 Å². The van der Waals surface area contributed by atoms with E-state index in [1.807, 2.05) is 20.8 Å². The van der Waals surface area contributed by atoms with Gasteiger partial charge in [0.1, 0.15) is 23.3 Å². The number of benzene rings is 1. The minimum absolute atomic E-state index is 0.182. The molecule has 0 aliphatic heterocycles. The van der Waals surface area contributed by atoms with Gasteiger partial charge in [-0.25, -0.2) is 14.4 Å². The monoisotopic (exact) mass is 274 g/mol. The van der Waals surface area contributed by atoms with Gasteiger partial charge in [0.05, 0.1) is 5.69 Å². The predicted molar refractivity (Wildman–Crippen MR) is 80.0 cm³/mol. The Morgan fingerprint density at radius 2 is 1.70 bits per heavy atom. The number of halogens is 1. The topological polar surface area (TPSA) is 49.8 Å². The van der Waals surface area contributed by atoms with Gasteiger partial charge in [0.2, 0.25) is 0 Å². The summed E-state index contributed by atoms with van der Waals surface area (Å²) in [6.45, 7) is 6.11. The highest BCUT2D eigenvalue weighted by atomic mass is 19.1. The average Bonchev–Trinajstić information content (AvgIpc) is 2.40. The van der Waals surface area contributed by atoms with Gasteiger partial charge in [-0.2, -0.15) is 0 Å². The summed E-state index contributed by atoms with van der Waals surface area (Å²) in [5, 5.41) is 5.99. The summed E-state index contributed by atoms with van der Waals surface area (Å²) in [7, 11) is 1.79. The minimum Gasteiger partial charge on any atom is -0.373 e. The van der Waals surface area contributed by atoms with Gasteiger partial charge in [0.25, 0.3) is 0 Å². The van der Waals surface area contributed by atoms with E-state index >= 15 is 0 Å². The summed E-state index contributed by atoms with van der Waals surface area (Å²) in [6.07, 6.45) is 0. The summed E-state index contributed by atoms with van der Waals surface area (Å²) in [6, 6.07) is 8.26. The number of nitrogens with one attached hydrogen (secondary N) is 2. The van der Waals surface area contributed by atoms with Crippen LogP contribution < -0.4 is 10.6 Å². The van der Waals surface area contributed by atoms with Crippen molar-refractivity contribution in [2.24, 2.45) is 0 Å². The predicted octanol–water partition coefficient (Wildman–Crippen LogP) is 3.70. The standard InChI is InChI=1S/C15H19FN4/c1-15(2,3)14-19-12(17-4)9-13(20-14)18-11-8-6-5-7-10(11)16/h5-9H,1-4H3,(H2,17,18,19,20). The summed E-state index contributed by atoms with van der Waals surface area (Å²) >= 11 is 0. The number of nitrogens with zero attached hydrogens (tertiary/aromatic N) is 2. The van der Waals surface area contributed by atoms with E-state index in [1.54, 1.807) is 31.3 Å². The maximum Gasteiger partial charge on any atom is 0.146 e. The molecule has 0 atom stereocenters. The largest absolute Gasteiger partial charge is 0.373 e. The molecule has 5 heteroatoms. The molecule has 0 aliphatic carbocycles. The third-order valence-corrected chi connectivity index (χ3v) is 2.79. The van der Waals surface area contributed by atoms with E-state index in [1.165, 1.54) is 6.07 Å². The van der Waals surface area contributed by atoms with Crippen molar-refractivity contribution in [2.75, 3.05) is 17.7 Å². The van der Waals surface area contributed by atoms with Crippen LogP contribution in [0.5, 0.6) is 0 Å². The molecule has 0 unspecified atom stereocenters. The number of aromatic nitrogens is 2. The molecule has 0 aliphatic rings. The van der Waals surface area contributed by atoms with Gasteiger partial charge in [-0.05, 0) is 12.1 Å². The fourth-order valence-electron chi connectivity index (χ4n) is 1.68. The Hall–Kier alpha value is -2.17. The van der Waals surface area contributed by atoms with Gasteiger partial charge in [0, 0.05) is 18.5 Å². The molecular weight excluding hydrogens is 255 g/mol. The second-order valence-corrected chi connectivity index (χ2v) is 5.57. The van der Waals surface area contributed by atoms with Crippen molar-refractivity contribution in [1.29, 1.82) is 0 Å². The second-order valence-electron chi connectivity index (χ2n) is 5.57. The SMILES string of the molecule is CNc1cc(Nc2ccccc2F)nc(C(C)(C)C)n1. The summed E-state index contributed by atoms with van der Waals surface area (Å²) in [5.41, 5.74) is 0.214. The second kappa shape index (κ2) is 5.45. The summed E-state index contributed by atoms with van der Waals surface area (Å²) in [4.78, 5) is 8.89. The normalized spacial score (nSPS) is 11.2. The molecule has 4 nitrogen and oxygen atoms in total. The maximum absolute atomic E-state index is 13.7. The van der Waals surface area contributed by atoms with E-state index < -0.39 is 0 Å². The van der Waals surface area contributed by atoms with Crippen LogP contribution in [0, 0.1) is 5.82 Å². The molecule has 106 valence electrons. The van der Waals surface area contributed by atoms with Gasteiger partial charge < -0.3 is 10.6 Å². The van der Waals surface area contributed by atoms with E-state index in [4.69, 9.17) is 0 Å². The fraction of sp³-hybridized carbons (Fsp3) is 0.333. The molecular formula is C15H19FN4. The van der Waals surface area contributed by atoms with Crippen molar-refractivity contribution in [2.45, 2.75) is 26.2 Å². The number of hydrogen-bond donors (Lipinski definition) is 2. The molecule has 0 fully saturated rings. The Morgan fingerprint density at radius 3 is 2.30 bits per heavy atom. The van der Waals surface area contributed by atoms with Crippen molar-refractivity contribution >= 4 is 17.3 Å². The number of hydrogen-bond acceptors (Lipinski definition) is 4. The third kappa shape index (κ3) is 3.23. The third-order valence-electron chi connectivity index (χ3n) is 2.79. The first kappa shape index (κ1) is 14.2. The smallest absolute Gasteiger partial charge is 0.146 e. The van der Waals surface area contributed by atoms with E-state index in [-0.39, 0.29) is 11.2 Å². The highest BCUT2D eigenvalue weighted by molar-refractivity contribution is 5.59. The van der Waals surface area contributed by atoms with Crippen molar-refractivity contribution in [3.63, 3.8) is 0 Å². The zero-order valence-electron chi connectivity index (χ0n) is 12.2. The Labute approximate surface area is 118 Å². The molecule has 0 amide bonds. The number of rotatable bonds is 3. The van der Waals surface area contributed by atoms with E-state index in [0.717, 1.165) is 0 Å². The van der Waals surface area contributed by atoms with Gasteiger partial charge in [-0.3, -0.25) is 0 Å². The molecule has 1 aromatic carbocycles. The summed E-state index contributed by atoms with van der Waals surface area (Å²) in [5.74, 6) is 1.65. The minimum atomic E-state index is -0.311. The lowest BCUT2D eigenvalue weighted by Crippen LogP contribution is -2.17. The quantitative estimate of drug-likeness (QED) is 0.896. The Balaban J connectivity index is 2.39. The van der Waals surface area contributed by atoms with Crippen LogP contribution in [0.1, 0.15) is 26.6 Å². The van der Waals surface area contributed by atoms with Crippen LogP contribution in [0.25, 0.3) is 0 Å². The first-order valence-corrected chi connectivity index (χ1v) is 6.49. The van der Waals surface area contributed by atoms with E-state index in [9.17, 15) is 4.39 Å². The van der Waals surface area contributed by atoms with Crippen molar-refractivity contribution in [1.82, 2.24) is 9.97 Å². The molecule has 1 heterocycles. The van der Waals surface area contributed by atoms with Crippen molar-refractivity contribution in [3.05, 3.63) is 42.0 Å². The van der Waals surface area contributed by atoms with Crippen LogP contribution in [-0.2, 0) is 5.41 Å². The molecule has 0 spiro atoms. The van der Waals surface area contributed by atoms with E-state index in [2.05, 4.69) is 20.6 Å². The Bertz CT molecular complexity index is 605. The van der Waals surface area contributed by atoms with Crippen LogP contribution in [0.4, 0.5) is 21.7 Å². The molecule has 20 heavy (non-hydrogen) atoms. The van der Waals surface area contributed by atoms with Gasteiger partial charge in [0.15, 0.2) is 0 Å². The average molecular weight is 274 g/mol. The lowest BCUT2D eigenvalue weighted by Gasteiger charge is -2.19. The van der Waals surface area contributed by atoms with Crippen LogP contribution in [0.15, 0.2) is 30.3 Å². The number of anilines is 3. The van der Waals surface area contributed by atoms with Crippen LogP contribution in [-0.4, -0.2) is 17.0 Å². The zero-order chi connectivity index (χ0) is 14.8. The highest BCUT2D eigenvalue weighted by Crippen LogP contribution is 2.24. The summed E-state index contributed by atoms with van der Waals surface area (Å²) < 4.78 is 13.7. The van der Waals surface area contributed by atoms with Crippen LogP contribution in [0.2, 0.25) is 0 Å². The lowest BCUT2D eigenvalue weighted by molar-refractivity contribution is 0.547. The van der Waals surface area contributed by atoms with Crippen molar-refractivity contribution in [3.8, 4) is 0 Å². The fourth-order valence-corrected chi connectivity index (χ4v) is 1.68. The molecule has 2 rings (SSSR count). The molecule has 0 radical (unpaired) electrons. The van der Waals surface area contributed by atoms with Gasteiger partial charge >= 0.3 is 0 Å². The maximum atomic E-state index is 13.7. The number of para-hydroxylation sites is 1. The molecule has 1 aromatic heterocycles. The molecule has 2 aromatic rings. The molecule has 0 saturated heterocycles. The van der Waals surface area contributed by atoms with Crippen LogP contribution >= 0.6 is 0 Å². The molecule has 2 N–H and O–H groups in total. The highest BCUT2D eigenvalue weighted by Gasteiger charge is 2.19. The lowest BCUT2D eigenvalue weighted by atomic mass is 9.96. The van der Waals surface area contributed by atoms with Gasteiger partial charge in [-0.15, -0.1) is 0 Å². The van der Waals surface area contributed by atoms with E-state index in [0.29, 0.717) is 23.1 Å². The van der Waals surface area contributed by atoms with Gasteiger partial charge in [-0.1, -0.05) is 32.9 Å². The Kier molecular flexibility index (Phi) is 3.88. The first-order chi connectivity index (χ1) is 9.40. The zero-order valence-corrected chi connectivity index (χ0v) is 12.2.